The molecule has 0 saturated carbocycles. The lowest BCUT2D eigenvalue weighted by atomic mass is 9.95. The minimum Gasteiger partial charge on any atom is -0.443 e. The summed E-state index contributed by atoms with van der Waals surface area (Å²) in [7, 11) is -3.85. The summed E-state index contributed by atoms with van der Waals surface area (Å²) in [5, 5.41) is 10.5. The molecule has 0 aliphatic carbocycles. The second-order valence-electron chi connectivity index (χ2n) is 9.45. The highest BCUT2D eigenvalue weighted by atomic mass is 79.9. The van der Waals surface area contributed by atoms with Crippen LogP contribution in [0.4, 0.5) is 9.18 Å². The first-order valence-corrected chi connectivity index (χ1v) is 13.5. The van der Waals surface area contributed by atoms with Crippen molar-refractivity contribution in [2.75, 3.05) is 0 Å². The zero-order valence-corrected chi connectivity index (χ0v) is 23.3. The number of thiazole rings is 1. The second kappa shape index (κ2) is 10.4. The number of halogens is 2. The Hall–Kier alpha value is -1.89. The van der Waals surface area contributed by atoms with Crippen LogP contribution in [0.2, 0.25) is 0 Å². The number of aliphatic hydroxyl groups is 1. The van der Waals surface area contributed by atoms with E-state index in [-0.39, 0.29) is 21.6 Å². The smallest absolute Gasteiger partial charge is 0.420 e. The maximum Gasteiger partial charge on any atom is 0.420 e. The molecule has 0 aliphatic heterocycles. The van der Waals surface area contributed by atoms with Crippen LogP contribution in [-0.4, -0.2) is 31.9 Å². The highest BCUT2D eigenvalue weighted by Crippen LogP contribution is 2.31. The molecule has 0 bridgehead atoms. The van der Waals surface area contributed by atoms with Crippen molar-refractivity contribution in [1.29, 1.82) is 0 Å². The number of nitrogens with zero attached hydrogens (tertiary/aromatic N) is 2. The third kappa shape index (κ3) is 7.56. The van der Waals surface area contributed by atoms with Crippen molar-refractivity contribution in [3.63, 3.8) is 0 Å². The van der Waals surface area contributed by atoms with Crippen LogP contribution < -0.4 is 4.72 Å². The van der Waals surface area contributed by atoms with Crippen LogP contribution in [0.3, 0.4) is 0 Å². The van der Waals surface area contributed by atoms with Gasteiger partial charge in [0.15, 0.2) is 9.92 Å². The van der Waals surface area contributed by atoms with E-state index in [0.717, 1.165) is 11.3 Å². The third-order valence-corrected chi connectivity index (χ3v) is 8.57. The number of ether oxygens (including phenoxy) is 1. The van der Waals surface area contributed by atoms with Crippen molar-refractivity contribution in [2.24, 2.45) is 4.36 Å². The highest BCUT2D eigenvalue weighted by Gasteiger charge is 2.28. The zero-order valence-electron chi connectivity index (χ0n) is 20.1. The molecule has 1 unspecified atom stereocenters. The molecule has 0 fully saturated rings. The number of rotatable bonds is 6. The van der Waals surface area contributed by atoms with E-state index in [0.29, 0.717) is 15.6 Å². The number of carbonyl (C=O) groups excluding carboxylic acids is 2. The predicted molar refractivity (Wildman–Crippen MR) is 132 cm³/mol. The average Bonchev–Trinajstić information content (AvgIpc) is 3.13. The Labute approximate surface area is 211 Å². The van der Waals surface area contributed by atoms with Gasteiger partial charge in [0.25, 0.3) is 5.91 Å². The maximum absolute atomic E-state index is 13.9. The highest BCUT2D eigenvalue weighted by molar-refractivity contribution is 9.10. The molecule has 2 rings (SSSR count). The van der Waals surface area contributed by atoms with E-state index in [2.05, 4.69) is 30.0 Å². The molecule has 0 spiro atoms. The second-order valence-corrected chi connectivity index (χ2v) is 13.5. The first-order valence-electron chi connectivity index (χ1n) is 10.4. The summed E-state index contributed by atoms with van der Waals surface area (Å²) in [4.78, 5) is 29.5. The largest absolute Gasteiger partial charge is 0.443 e. The first-order chi connectivity index (χ1) is 15.4. The molecule has 1 aromatic heterocycles. The van der Waals surface area contributed by atoms with E-state index in [9.17, 15) is 23.3 Å². The van der Waals surface area contributed by atoms with Gasteiger partial charge in [-0.2, -0.15) is 0 Å². The Morgan fingerprint density at radius 3 is 2.41 bits per heavy atom. The monoisotopic (exact) mass is 577 g/mol. The van der Waals surface area contributed by atoms with Crippen molar-refractivity contribution in [3.8, 4) is 0 Å². The van der Waals surface area contributed by atoms with Gasteiger partial charge in [0, 0.05) is 4.47 Å². The van der Waals surface area contributed by atoms with Gasteiger partial charge in [0.2, 0.25) is 0 Å². The minimum atomic E-state index is -3.85. The van der Waals surface area contributed by atoms with Gasteiger partial charge in [-0.15, -0.1) is 15.7 Å². The van der Waals surface area contributed by atoms with Crippen LogP contribution in [0.15, 0.2) is 31.4 Å². The van der Waals surface area contributed by atoms with E-state index in [1.165, 1.54) is 32.2 Å². The van der Waals surface area contributed by atoms with E-state index in [1.807, 2.05) is 13.8 Å². The zero-order chi connectivity index (χ0) is 26.1. The van der Waals surface area contributed by atoms with Crippen molar-refractivity contribution >= 4 is 49.2 Å². The Morgan fingerprint density at radius 2 is 1.91 bits per heavy atom. The molecule has 0 aliphatic rings. The van der Waals surface area contributed by atoms with Crippen LogP contribution >= 0.6 is 27.3 Å². The number of hydrogen-bond donors (Lipinski definition) is 2. The number of carbonyl (C=O) groups is 2. The number of amides is 2. The molecule has 188 valence electrons. The summed E-state index contributed by atoms with van der Waals surface area (Å²) in [6.07, 6.45) is -0.113. The minimum absolute atomic E-state index is 0.0221. The van der Waals surface area contributed by atoms with Crippen molar-refractivity contribution in [3.05, 3.63) is 44.8 Å². The van der Waals surface area contributed by atoms with Crippen molar-refractivity contribution in [1.82, 2.24) is 9.71 Å². The number of hydrogen-bond acceptors (Lipinski definition) is 7. The lowest BCUT2D eigenvalue weighted by molar-refractivity contribution is -0.117. The molecule has 0 radical (unpaired) electrons. The molecule has 34 heavy (non-hydrogen) atoms. The molecule has 2 aromatic rings. The molecule has 0 saturated heterocycles. The Balaban J connectivity index is 2.54. The molecule has 2 N–H and O–H groups in total. The lowest BCUT2D eigenvalue weighted by Gasteiger charge is -2.20. The van der Waals surface area contributed by atoms with Crippen LogP contribution in [0.25, 0.3) is 0 Å². The summed E-state index contributed by atoms with van der Waals surface area (Å²) in [5.74, 6) is -1.34. The van der Waals surface area contributed by atoms with Gasteiger partial charge in [0.1, 0.15) is 26.2 Å². The number of nitrogens with one attached hydrogen (secondary N) is 1. The molecular formula is C22H29BrFN3O5S2. The molecule has 8 nitrogen and oxygen atoms in total. The summed E-state index contributed by atoms with van der Waals surface area (Å²) in [6, 6.07) is 2.58. The Morgan fingerprint density at radius 1 is 1.29 bits per heavy atom. The van der Waals surface area contributed by atoms with Gasteiger partial charge in [-0.1, -0.05) is 29.8 Å². The van der Waals surface area contributed by atoms with E-state index in [4.69, 9.17) is 4.74 Å². The van der Waals surface area contributed by atoms with Crippen LogP contribution in [0, 0.1) is 5.82 Å². The quantitative estimate of drug-likeness (QED) is 0.472. The number of benzene rings is 1. The summed E-state index contributed by atoms with van der Waals surface area (Å²) < 4.78 is 39.3. The molecule has 1 aromatic carbocycles. The molecule has 2 amide bonds. The molecule has 1 atom stereocenters. The van der Waals surface area contributed by atoms with Crippen molar-refractivity contribution in [2.45, 2.75) is 76.2 Å². The van der Waals surface area contributed by atoms with Gasteiger partial charge in [-0.05, 0) is 63.8 Å². The van der Waals surface area contributed by atoms with Crippen LogP contribution in [0.1, 0.15) is 70.5 Å². The van der Waals surface area contributed by atoms with Crippen LogP contribution in [0.5, 0.6) is 0 Å². The van der Waals surface area contributed by atoms with E-state index in [1.54, 1.807) is 20.8 Å². The fourth-order valence-corrected chi connectivity index (χ4v) is 6.07. The average molecular weight is 579 g/mol. The molecular weight excluding hydrogens is 549 g/mol. The van der Waals surface area contributed by atoms with Gasteiger partial charge in [0.05, 0.1) is 12.6 Å². The van der Waals surface area contributed by atoms with E-state index >= 15 is 0 Å². The summed E-state index contributed by atoms with van der Waals surface area (Å²) >= 11 is 4.14. The topological polar surface area (TPSA) is 118 Å². The van der Waals surface area contributed by atoms with Gasteiger partial charge >= 0.3 is 6.09 Å². The Kier molecular flexibility index (Phi) is 8.66. The van der Waals surface area contributed by atoms with Crippen molar-refractivity contribution < 1.29 is 28.0 Å². The summed E-state index contributed by atoms with van der Waals surface area (Å²) in [6.45, 7) is 11.6. The SMILES string of the molecule is CC(C)c1cc(F)cc(Br)c1CC(=O)N=S(=O)(NC(=O)OC(C)(C)C)c1cnc(C(C)(C)O)s1. The van der Waals surface area contributed by atoms with Gasteiger partial charge in [-0.3, -0.25) is 4.79 Å². The predicted octanol–water partition coefficient (Wildman–Crippen LogP) is 5.43. The standard InChI is InChI=1S/C22H29BrFN3O5S2/c1-12(2)14-8-13(24)9-16(23)15(14)10-17(28)26-34(31,27-20(29)32-21(3,4)5)18-11-25-19(33-18)22(6,7)30/h8-9,11-12,30H,10H2,1-7H3,(H,26,27,28,29,31). The lowest BCUT2D eigenvalue weighted by Crippen LogP contribution is -2.36. The van der Waals surface area contributed by atoms with E-state index < -0.39 is 38.9 Å². The normalized spacial score (nSPS) is 14.0. The van der Waals surface area contributed by atoms with Crippen LogP contribution in [-0.2, 0) is 31.5 Å². The first kappa shape index (κ1) is 28.3. The molecule has 1 heterocycles. The van der Waals surface area contributed by atoms with Gasteiger partial charge in [-0.25, -0.2) is 23.1 Å². The summed E-state index contributed by atoms with van der Waals surface area (Å²) in [5.41, 5.74) is -1.11. The molecule has 12 heteroatoms. The maximum atomic E-state index is 13.9. The van der Waals surface area contributed by atoms with Gasteiger partial charge < -0.3 is 9.84 Å². The fourth-order valence-electron chi connectivity index (χ4n) is 2.85. The Bertz CT molecular complexity index is 1210. The third-order valence-electron chi connectivity index (χ3n) is 4.28. The number of aromatic nitrogens is 1. The fraction of sp³-hybridized carbons (Fsp3) is 0.500.